The van der Waals surface area contributed by atoms with Crippen molar-refractivity contribution in [3.63, 3.8) is 0 Å². The fraction of sp³-hybridized carbons (Fsp3) is 0.316. The lowest BCUT2D eigenvalue weighted by Crippen LogP contribution is -2.12. The number of methoxy groups -OCH3 is 1. The Balaban J connectivity index is 1.82. The maximum absolute atomic E-state index is 12.6. The van der Waals surface area contributed by atoms with Gasteiger partial charge >= 0.3 is 0 Å². The summed E-state index contributed by atoms with van der Waals surface area (Å²) in [5.74, 6) is 1.79. The van der Waals surface area contributed by atoms with Gasteiger partial charge in [0.05, 0.1) is 32.0 Å². The second kappa shape index (κ2) is 8.19. The Kier molecular flexibility index (Phi) is 5.73. The lowest BCUT2D eigenvalue weighted by atomic mass is 10.1. The Morgan fingerprint density at radius 3 is 2.69 bits per heavy atom. The summed E-state index contributed by atoms with van der Waals surface area (Å²) in [7, 11) is 1.50. The third-order valence-electron chi connectivity index (χ3n) is 3.79. The number of amides is 1. The number of benzene rings is 2. The molecule has 1 amide bonds. The number of nitrogens with one attached hydrogen (secondary N) is 1. The molecular weight excluding hydrogens is 358 g/mol. The van der Waals surface area contributed by atoms with E-state index in [9.17, 15) is 4.79 Å². The Labute approximate surface area is 157 Å². The maximum Gasteiger partial charge on any atom is 0.255 e. The largest absolute Gasteiger partial charge is 0.493 e. The molecule has 0 radical (unpaired) electrons. The molecule has 0 aromatic heterocycles. The van der Waals surface area contributed by atoms with Crippen LogP contribution < -0.4 is 24.3 Å². The zero-order chi connectivity index (χ0) is 18.5. The molecule has 1 N–H and O–H groups in total. The zero-order valence-corrected chi connectivity index (χ0v) is 15.4. The van der Waals surface area contributed by atoms with E-state index < -0.39 is 0 Å². The van der Waals surface area contributed by atoms with Crippen molar-refractivity contribution in [2.75, 3.05) is 32.2 Å². The quantitative estimate of drug-likeness (QED) is 0.847. The summed E-state index contributed by atoms with van der Waals surface area (Å²) < 4.78 is 22.0. The highest BCUT2D eigenvalue weighted by molar-refractivity contribution is 6.32. The number of carbonyl (C=O) groups is 1. The van der Waals surface area contributed by atoms with Crippen LogP contribution in [0.1, 0.15) is 23.7 Å². The number of ether oxygens (including phenoxy) is 4. The molecule has 1 aliphatic heterocycles. The first-order chi connectivity index (χ1) is 12.6. The summed E-state index contributed by atoms with van der Waals surface area (Å²) in [6.07, 6.45) is 0.820. The third-order valence-corrected chi connectivity index (χ3v) is 4.07. The molecule has 26 heavy (non-hydrogen) atoms. The van der Waals surface area contributed by atoms with E-state index in [4.69, 9.17) is 30.5 Å². The van der Waals surface area contributed by atoms with Crippen molar-refractivity contribution in [2.24, 2.45) is 0 Å². The van der Waals surface area contributed by atoms with Crippen LogP contribution >= 0.6 is 11.6 Å². The van der Waals surface area contributed by atoms with Crippen molar-refractivity contribution in [2.45, 2.75) is 13.3 Å². The lowest BCUT2D eigenvalue weighted by molar-refractivity contribution is 0.102. The molecule has 1 heterocycles. The molecular formula is C19H20ClNO5. The van der Waals surface area contributed by atoms with Gasteiger partial charge in [0.2, 0.25) is 0 Å². The topological polar surface area (TPSA) is 66.0 Å². The molecule has 0 atom stereocenters. The van der Waals surface area contributed by atoms with E-state index in [0.717, 1.165) is 6.42 Å². The molecule has 2 aromatic rings. The molecule has 0 saturated carbocycles. The highest BCUT2D eigenvalue weighted by Gasteiger charge is 2.17. The standard InChI is InChI=1S/C19H20ClNO5/c1-3-24-18-14(20)9-12(10-17(18)23-2)19(22)21-13-5-6-15-16(11-13)26-8-4-7-25-15/h5-6,9-11H,3-4,7-8H2,1-2H3,(H,21,22). The van der Waals surface area contributed by atoms with Gasteiger partial charge in [0.25, 0.3) is 5.91 Å². The predicted octanol–water partition coefficient (Wildman–Crippen LogP) is 4.16. The van der Waals surface area contributed by atoms with Crippen LogP contribution in [0.5, 0.6) is 23.0 Å². The minimum absolute atomic E-state index is 0.315. The number of anilines is 1. The fourth-order valence-electron chi connectivity index (χ4n) is 2.58. The first-order valence-electron chi connectivity index (χ1n) is 8.33. The van der Waals surface area contributed by atoms with Crippen LogP contribution in [0.25, 0.3) is 0 Å². The molecule has 0 bridgehead atoms. The SMILES string of the molecule is CCOc1c(Cl)cc(C(=O)Nc2ccc3c(c2)OCCCO3)cc1OC. The number of hydrogen-bond donors (Lipinski definition) is 1. The summed E-state index contributed by atoms with van der Waals surface area (Å²) in [5.41, 5.74) is 0.964. The van der Waals surface area contributed by atoms with Crippen LogP contribution in [0.15, 0.2) is 30.3 Å². The van der Waals surface area contributed by atoms with Gasteiger partial charge in [-0.1, -0.05) is 11.6 Å². The van der Waals surface area contributed by atoms with Crippen molar-refractivity contribution >= 4 is 23.2 Å². The molecule has 0 saturated heterocycles. The van der Waals surface area contributed by atoms with E-state index in [-0.39, 0.29) is 5.91 Å². The molecule has 0 unspecified atom stereocenters. The van der Waals surface area contributed by atoms with E-state index in [0.29, 0.717) is 59.1 Å². The van der Waals surface area contributed by atoms with Gasteiger partial charge in [-0.15, -0.1) is 0 Å². The molecule has 0 spiro atoms. The zero-order valence-electron chi connectivity index (χ0n) is 14.6. The Morgan fingerprint density at radius 2 is 1.96 bits per heavy atom. The fourth-order valence-corrected chi connectivity index (χ4v) is 2.84. The van der Waals surface area contributed by atoms with E-state index in [1.54, 1.807) is 30.3 Å². The van der Waals surface area contributed by atoms with Gasteiger partial charge in [0, 0.05) is 23.7 Å². The molecule has 2 aromatic carbocycles. The average molecular weight is 378 g/mol. The lowest BCUT2D eigenvalue weighted by Gasteiger charge is -2.14. The van der Waals surface area contributed by atoms with Crippen LogP contribution in [0.2, 0.25) is 5.02 Å². The van der Waals surface area contributed by atoms with Gasteiger partial charge in [0.15, 0.2) is 23.0 Å². The van der Waals surface area contributed by atoms with Gasteiger partial charge in [-0.05, 0) is 31.2 Å². The summed E-state index contributed by atoms with van der Waals surface area (Å²) >= 11 is 6.23. The molecule has 138 valence electrons. The van der Waals surface area contributed by atoms with Crippen LogP contribution in [0.3, 0.4) is 0 Å². The van der Waals surface area contributed by atoms with Crippen molar-refractivity contribution in [3.8, 4) is 23.0 Å². The van der Waals surface area contributed by atoms with Crippen molar-refractivity contribution in [1.82, 2.24) is 0 Å². The molecule has 0 fully saturated rings. The highest BCUT2D eigenvalue weighted by Crippen LogP contribution is 2.37. The van der Waals surface area contributed by atoms with Gasteiger partial charge in [-0.2, -0.15) is 0 Å². The number of rotatable bonds is 5. The van der Waals surface area contributed by atoms with Crippen LogP contribution in [-0.4, -0.2) is 32.8 Å². The molecule has 3 rings (SSSR count). The second-order valence-corrected chi connectivity index (χ2v) is 6.00. The minimum Gasteiger partial charge on any atom is -0.493 e. The van der Waals surface area contributed by atoms with Gasteiger partial charge in [0.1, 0.15) is 0 Å². The van der Waals surface area contributed by atoms with E-state index in [1.807, 2.05) is 6.92 Å². The van der Waals surface area contributed by atoms with Gasteiger partial charge in [-0.3, -0.25) is 4.79 Å². The first kappa shape index (κ1) is 18.2. The number of halogens is 1. The van der Waals surface area contributed by atoms with Crippen LogP contribution in [0, 0.1) is 0 Å². The Hall–Kier alpha value is -2.60. The monoisotopic (exact) mass is 377 g/mol. The van der Waals surface area contributed by atoms with Crippen LogP contribution in [-0.2, 0) is 0 Å². The number of hydrogen-bond acceptors (Lipinski definition) is 5. The molecule has 1 aliphatic rings. The summed E-state index contributed by atoms with van der Waals surface area (Å²) in [5, 5.41) is 3.14. The minimum atomic E-state index is -0.317. The average Bonchev–Trinajstić information content (AvgIpc) is 2.88. The molecule has 0 aliphatic carbocycles. The van der Waals surface area contributed by atoms with Gasteiger partial charge in [-0.25, -0.2) is 0 Å². The summed E-state index contributed by atoms with van der Waals surface area (Å²) in [4.78, 5) is 12.6. The maximum atomic E-state index is 12.6. The van der Waals surface area contributed by atoms with E-state index in [2.05, 4.69) is 5.32 Å². The van der Waals surface area contributed by atoms with Crippen LogP contribution in [0.4, 0.5) is 5.69 Å². The smallest absolute Gasteiger partial charge is 0.255 e. The van der Waals surface area contributed by atoms with Gasteiger partial charge < -0.3 is 24.3 Å². The molecule has 6 nitrogen and oxygen atoms in total. The summed E-state index contributed by atoms with van der Waals surface area (Å²) in [6.45, 7) is 3.48. The number of fused-ring (bicyclic) bond motifs is 1. The number of carbonyl (C=O) groups excluding carboxylic acids is 1. The normalized spacial score (nSPS) is 12.9. The van der Waals surface area contributed by atoms with Crippen molar-refractivity contribution < 1.29 is 23.7 Å². The third kappa shape index (κ3) is 3.96. The molecule has 7 heteroatoms. The Morgan fingerprint density at radius 1 is 1.19 bits per heavy atom. The highest BCUT2D eigenvalue weighted by atomic mass is 35.5. The van der Waals surface area contributed by atoms with E-state index in [1.165, 1.54) is 7.11 Å². The second-order valence-electron chi connectivity index (χ2n) is 5.59. The van der Waals surface area contributed by atoms with Crippen molar-refractivity contribution in [1.29, 1.82) is 0 Å². The van der Waals surface area contributed by atoms with E-state index >= 15 is 0 Å². The first-order valence-corrected chi connectivity index (χ1v) is 8.71. The van der Waals surface area contributed by atoms with Crippen molar-refractivity contribution in [3.05, 3.63) is 40.9 Å². The summed E-state index contributed by atoms with van der Waals surface area (Å²) in [6, 6.07) is 8.43. The Bertz CT molecular complexity index is 809. The predicted molar refractivity (Wildman–Crippen MR) is 99.2 cm³/mol.